The molecule has 3 heterocycles. The van der Waals surface area contributed by atoms with E-state index in [4.69, 9.17) is 10.5 Å². The second kappa shape index (κ2) is 21.7. The number of hydrogen-bond acceptors (Lipinski definition) is 11. The van der Waals surface area contributed by atoms with Crippen LogP contribution in [0.4, 0.5) is 0 Å². The number of phenols is 1. The molecule has 0 saturated carbocycles. The summed E-state index contributed by atoms with van der Waals surface area (Å²) >= 11 is 0. The highest BCUT2D eigenvalue weighted by Gasteiger charge is 2.43. The molecular formula is C52H67N3O7S2. The summed E-state index contributed by atoms with van der Waals surface area (Å²) in [6.07, 6.45) is 9.76. The third-order valence-corrected chi connectivity index (χ3v) is 17.1. The zero-order chi connectivity index (χ0) is 44.7. The molecule has 5 aliphatic rings. The highest BCUT2D eigenvalue weighted by atomic mass is 33.1. The van der Waals surface area contributed by atoms with Crippen LogP contribution in [0, 0.1) is 53.3 Å². The minimum atomic E-state index is -1.05. The topological polar surface area (TPSA) is 184 Å². The maximum atomic E-state index is 12.3. The summed E-state index contributed by atoms with van der Waals surface area (Å²) in [7, 11) is 3.26. The van der Waals surface area contributed by atoms with Gasteiger partial charge in [0.2, 0.25) is 0 Å². The van der Waals surface area contributed by atoms with Gasteiger partial charge in [0.15, 0.2) is 11.5 Å². The van der Waals surface area contributed by atoms with Crippen LogP contribution in [0.2, 0.25) is 0 Å². The number of dihydropyridines is 1. The number of nitrogens with one attached hydrogen (secondary N) is 2. The van der Waals surface area contributed by atoms with E-state index in [0.717, 1.165) is 60.1 Å². The predicted octanol–water partition coefficient (Wildman–Crippen LogP) is 6.78. The number of H-pyrrole nitrogens is 1. The lowest BCUT2D eigenvalue weighted by Crippen LogP contribution is -2.42. The predicted molar refractivity (Wildman–Crippen MR) is 256 cm³/mol. The fourth-order valence-electron chi connectivity index (χ4n) is 11.2. The van der Waals surface area contributed by atoms with Crippen LogP contribution in [-0.4, -0.2) is 91.3 Å². The Bertz CT molecular complexity index is 2180. The number of benzene rings is 2. The Morgan fingerprint density at radius 3 is 2.55 bits per heavy atom. The van der Waals surface area contributed by atoms with Crippen molar-refractivity contribution in [2.24, 2.45) is 47.2 Å². The van der Waals surface area contributed by atoms with Crippen LogP contribution in [0.3, 0.4) is 0 Å². The van der Waals surface area contributed by atoms with Gasteiger partial charge in [-0.05, 0) is 116 Å². The number of aromatic nitrogens is 1. The smallest absolute Gasteiger partial charge is 0.161 e. The molecule has 2 aromatic carbocycles. The van der Waals surface area contributed by atoms with Crippen molar-refractivity contribution in [2.75, 3.05) is 31.3 Å². The molecule has 12 unspecified atom stereocenters. The third-order valence-electron chi connectivity index (χ3n) is 14.7. The van der Waals surface area contributed by atoms with Gasteiger partial charge in [0, 0.05) is 78.3 Å². The number of aromatic hydroxyl groups is 1. The molecule has 344 valence electrons. The average molecular weight is 910 g/mol. The second-order valence-corrected chi connectivity index (χ2v) is 21.2. The van der Waals surface area contributed by atoms with Crippen LogP contribution >= 0.6 is 21.6 Å². The molecule has 8 rings (SSSR count). The van der Waals surface area contributed by atoms with E-state index in [2.05, 4.69) is 59.4 Å². The van der Waals surface area contributed by atoms with Gasteiger partial charge in [0.1, 0.15) is 11.9 Å². The van der Waals surface area contributed by atoms with Gasteiger partial charge in [-0.15, -0.1) is 0 Å². The Hall–Kier alpha value is -3.80. The Kier molecular flexibility index (Phi) is 15.8. The van der Waals surface area contributed by atoms with Gasteiger partial charge in [-0.2, -0.15) is 0 Å². The second-order valence-electron chi connectivity index (χ2n) is 18.7. The summed E-state index contributed by atoms with van der Waals surface area (Å²) in [6.45, 7) is 2.58. The lowest BCUT2D eigenvalue weighted by Gasteiger charge is -2.36. The van der Waals surface area contributed by atoms with Crippen molar-refractivity contribution in [2.45, 2.75) is 101 Å². The molecule has 12 atom stereocenters. The molecule has 0 spiro atoms. The standard InChI is InChI=1S/C52H67N3O7S2/c1-2-32-20-35-23-46(59)48(62-49-24-36(21-39-12-8-17-54-39)40-16-18-55-52(53)44(40)30-64-63-29-38(28-57)51(49)61)26-42(35)43-25-47(60)50-34(22-41(32)43)15-14-33(11-6-7-13-45(50)58)37(27-56)19-31-9-4-3-5-10-31/h3-5,8-10,12,16-17,22-23,26,32-34,36-38,43,45,47,49-51,54-61H,2,6-7,11,13,18-21,24-25,27-30,53H2,1H3. The number of aliphatic hydroxyl groups is 5. The molecule has 0 bridgehead atoms. The first-order valence-corrected chi connectivity index (χ1v) is 26.0. The summed E-state index contributed by atoms with van der Waals surface area (Å²) in [5.74, 6) is 7.74. The number of fused-ring (bicyclic) bond motifs is 5. The van der Waals surface area contributed by atoms with Crippen LogP contribution < -0.4 is 15.8 Å². The largest absolute Gasteiger partial charge is 0.504 e. The van der Waals surface area contributed by atoms with Crippen molar-refractivity contribution in [1.82, 2.24) is 10.3 Å². The van der Waals surface area contributed by atoms with E-state index < -0.39 is 36.3 Å². The monoisotopic (exact) mass is 909 g/mol. The molecule has 0 amide bonds. The van der Waals surface area contributed by atoms with Gasteiger partial charge in [-0.3, -0.25) is 0 Å². The van der Waals surface area contributed by atoms with E-state index in [1.165, 1.54) is 11.1 Å². The number of rotatable bonds is 10. The third kappa shape index (κ3) is 10.6. The molecule has 1 saturated heterocycles. The minimum absolute atomic E-state index is 0.00977. The van der Waals surface area contributed by atoms with Crippen LogP contribution in [0.15, 0.2) is 95.5 Å². The number of phenolic OH excluding ortho intramolecular Hbond substituents is 1. The van der Waals surface area contributed by atoms with Crippen molar-refractivity contribution in [3.8, 4) is 23.3 Å². The molecule has 12 heteroatoms. The minimum Gasteiger partial charge on any atom is -0.504 e. The van der Waals surface area contributed by atoms with E-state index in [9.17, 15) is 30.6 Å². The molecule has 1 fully saturated rings. The number of ether oxygens (including phenoxy) is 1. The molecule has 3 aliphatic carbocycles. The lowest BCUT2D eigenvalue weighted by molar-refractivity contribution is -0.0214. The van der Waals surface area contributed by atoms with Gasteiger partial charge in [-0.1, -0.05) is 101 Å². The maximum Gasteiger partial charge on any atom is 0.161 e. The quantitative estimate of drug-likeness (QED) is 0.0594. The van der Waals surface area contributed by atoms with Crippen molar-refractivity contribution in [1.29, 1.82) is 0 Å². The van der Waals surface area contributed by atoms with E-state index in [1.807, 2.05) is 36.5 Å². The van der Waals surface area contributed by atoms with Gasteiger partial charge in [-0.25, -0.2) is 0 Å². The average Bonchev–Trinajstić information content (AvgIpc) is 3.76. The van der Waals surface area contributed by atoms with Gasteiger partial charge >= 0.3 is 0 Å². The highest BCUT2D eigenvalue weighted by molar-refractivity contribution is 8.76. The Morgan fingerprint density at radius 2 is 1.78 bits per heavy atom. The molecule has 3 aromatic rings. The molecule has 2 aliphatic heterocycles. The van der Waals surface area contributed by atoms with Gasteiger partial charge < -0.3 is 51.4 Å². The van der Waals surface area contributed by atoms with E-state index in [1.54, 1.807) is 27.7 Å². The van der Waals surface area contributed by atoms with Gasteiger partial charge in [0.05, 0.1) is 18.3 Å². The number of allylic oxidation sites excluding steroid dienone is 3. The first kappa shape index (κ1) is 46.7. The van der Waals surface area contributed by atoms with E-state index in [0.29, 0.717) is 56.0 Å². The first-order chi connectivity index (χ1) is 31.1. The van der Waals surface area contributed by atoms with E-state index >= 15 is 0 Å². The normalized spacial score (nSPS) is 31.6. The molecular weight excluding hydrogens is 843 g/mol. The zero-order valence-electron chi connectivity index (χ0n) is 36.9. The summed E-state index contributed by atoms with van der Waals surface area (Å²) in [4.78, 5) is 3.36. The molecule has 0 radical (unpaired) electrons. The Morgan fingerprint density at radius 1 is 0.953 bits per heavy atom. The maximum absolute atomic E-state index is 12.3. The van der Waals surface area contributed by atoms with Crippen molar-refractivity contribution < 1.29 is 35.4 Å². The number of hydrogen-bond donors (Lipinski definition) is 9. The number of nitrogens with two attached hydrogens (primary N) is 1. The van der Waals surface area contributed by atoms with E-state index in [-0.39, 0.29) is 60.2 Å². The van der Waals surface area contributed by atoms with Gasteiger partial charge in [0.25, 0.3) is 0 Å². The molecule has 64 heavy (non-hydrogen) atoms. The number of aromatic amines is 1. The van der Waals surface area contributed by atoms with Crippen LogP contribution in [0.25, 0.3) is 0 Å². The fourth-order valence-corrected chi connectivity index (χ4v) is 13.7. The molecule has 10 N–H and O–H groups in total. The summed E-state index contributed by atoms with van der Waals surface area (Å²) < 4.78 is 6.88. The molecule has 1 aromatic heterocycles. The zero-order valence-corrected chi connectivity index (χ0v) is 38.6. The summed E-state index contributed by atoms with van der Waals surface area (Å²) in [6, 6.07) is 18.0. The van der Waals surface area contributed by atoms with Crippen molar-refractivity contribution >= 4 is 21.6 Å². The highest BCUT2D eigenvalue weighted by Crippen LogP contribution is 2.51. The Balaban J connectivity index is 1.15. The van der Waals surface area contributed by atoms with Crippen LogP contribution in [-0.2, 0) is 19.3 Å². The van der Waals surface area contributed by atoms with Crippen LogP contribution in [0.5, 0.6) is 11.5 Å². The summed E-state index contributed by atoms with van der Waals surface area (Å²) in [5, 5.41) is 72.6. The number of aliphatic hydroxyl groups excluding tert-OH is 5. The fraction of sp³-hybridized carbons (Fsp3) is 0.538. The Labute approximate surface area is 386 Å². The summed E-state index contributed by atoms with van der Waals surface area (Å²) in [5.41, 5.74) is 14.1. The van der Waals surface area contributed by atoms with Crippen molar-refractivity contribution in [3.05, 3.63) is 118 Å². The SMILES string of the molecule is CCC1Cc2cc(O)c(OC3CC(Cc4ccc[nH]4)C4=CCNC(N)=C4CSSCC(CO)C3O)cc2C2CC(O)C3C(C#CC(C(CO)Cc4ccccc4)CCCCC3O)C=C12. The lowest BCUT2D eigenvalue weighted by atomic mass is 9.70. The van der Waals surface area contributed by atoms with Crippen LogP contribution in [0.1, 0.15) is 80.2 Å². The van der Waals surface area contributed by atoms with Crippen molar-refractivity contribution in [3.63, 3.8) is 0 Å². The first-order valence-electron chi connectivity index (χ1n) is 23.5. The molecule has 10 nitrogen and oxygen atoms in total.